The summed E-state index contributed by atoms with van der Waals surface area (Å²) in [7, 11) is 0. The molecule has 0 atom stereocenters. The number of pyridine rings is 1. The summed E-state index contributed by atoms with van der Waals surface area (Å²) in [5.74, 6) is -0.260. The summed E-state index contributed by atoms with van der Waals surface area (Å²) in [6.07, 6.45) is 1.44. The first-order valence-corrected chi connectivity index (χ1v) is 6.01. The molecule has 0 bridgehead atoms. The highest BCUT2D eigenvalue weighted by molar-refractivity contribution is 9.10. The van der Waals surface area contributed by atoms with Crippen LogP contribution in [0.4, 0.5) is 5.69 Å². The predicted octanol–water partition coefficient (Wildman–Crippen LogP) is 3.75. The fourth-order valence-electron chi connectivity index (χ4n) is 1.24. The smallest absolute Gasteiger partial charge is 0.274 e. The van der Waals surface area contributed by atoms with E-state index in [1.165, 1.54) is 6.20 Å². The minimum absolute atomic E-state index is 0.260. The van der Waals surface area contributed by atoms with Gasteiger partial charge in [0.05, 0.1) is 5.02 Å². The Morgan fingerprint density at radius 2 is 1.88 bits per heavy atom. The fourth-order valence-corrected chi connectivity index (χ4v) is 1.61. The van der Waals surface area contributed by atoms with Crippen LogP contribution < -0.4 is 5.32 Å². The first kappa shape index (κ1) is 12.1. The number of amides is 1. The summed E-state index contributed by atoms with van der Waals surface area (Å²) >= 11 is 9.02. The third kappa shape index (κ3) is 3.28. The van der Waals surface area contributed by atoms with Crippen molar-refractivity contribution < 1.29 is 4.79 Å². The van der Waals surface area contributed by atoms with E-state index in [0.29, 0.717) is 10.7 Å². The number of aromatic nitrogens is 1. The molecule has 0 unspecified atom stereocenters. The Morgan fingerprint density at radius 1 is 1.18 bits per heavy atom. The number of benzene rings is 1. The van der Waals surface area contributed by atoms with Gasteiger partial charge in [0, 0.05) is 16.4 Å². The molecule has 1 amide bonds. The molecular formula is C12H8BrClN2O. The van der Waals surface area contributed by atoms with Crippen LogP contribution >= 0.6 is 27.5 Å². The zero-order chi connectivity index (χ0) is 12.3. The number of nitrogens with zero attached hydrogens (tertiary/aromatic N) is 1. The summed E-state index contributed by atoms with van der Waals surface area (Å²) in [5, 5.41) is 3.24. The van der Waals surface area contributed by atoms with E-state index in [1.807, 2.05) is 12.1 Å². The minimum atomic E-state index is -0.260. The van der Waals surface area contributed by atoms with Crippen LogP contribution in [-0.4, -0.2) is 10.9 Å². The summed E-state index contributed by atoms with van der Waals surface area (Å²) < 4.78 is 0.958. The average Bonchev–Trinajstić information content (AvgIpc) is 2.33. The van der Waals surface area contributed by atoms with Gasteiger partial charge in [-0.2, -0.15) is 0 Å². The van der Waals surface area contributed by atoms with Crippen molar-refractivity contribution in [3.8, 4) is 0 Å². The molecule has 1 N–H and O–H groups in total. The first-order chi connectivity index (χ1) is 8.15. The van der Waals surface area contributed by atoms with Crippen molar-refractivity contribution in [1.82, 2.24) is 4.98 Å². The highest BCUT2D eigenvalue weighted by Crippen LogP contribution is 2.15. The highest BCUT2D eigenvalue weighted by Gasteiger charge is 2.06. The van der Waals surface area contributed by atoms with Gasteiger partial charge in [-0.25, -0.2) is 4.98 Å². The van der Waals surface area contributed by atoms with Crippen molar-refractivity contribution in [2.24, 2.45) is 0 Å². The van der Waals surface area contributed by atoms with Gasteiger partial charge < -0.3 is 5.32 Å². The Hall–Kier alpha value is -1.39. The van der Waals surface area contributed by atoms with Crippen molar-refractivity contribution in [1.29, 1.82) is 0 Å². The molecule has 17 heavy (non-hydrogen) atoms. The Labute approximate surface area is 112 Å². The van der Waals surface area contributed by atoms with E-state index < -0.39 is 0 Å². The van der Waals surface area contributed by atoms with Gasteiger partial charge in [0.15, 0.2) is 0 Å². The van der Waals surface area contributed by atoms with E-state index >= 15 is 0 Å². The molecule has 2 rings (SSSR count). The SMILES string of the molecule is O=C(Nc1ccc(Br)cc1)c1ccc(Cl)cn1. The Balaban J connectivity index is 2.11. The van der Waals surface area contributed by atoms with Crippen molar-refractivity contribution in [3.63, 3.8) is 0 Å². The van der Waals surface area contributed by atoms with E-state index in [2.05, 4.69) is 26.2 Å². The van der Waals surface area contributed by atoms with Gasteiger partial charge >= 0.3 is 0 Å². The molecule has 0 aliphatic heterocycles. The Bertz CT molecular complexity index is 525. The van der Waals surface area contributed by atoms with Crippen molar-refractivity contribution in [2.75, 3.05) is 5.32 Å². The lowest BCUT2D eigenvalue weighted by Crippen LogP contribution is -2.13. The monoisotopic (exact) mass is 310 g/mol. The summed E-state index contributed by atoms with van der Waals surface area (Å²) in [6, 6.07) is 10.5. The maximum absolute atomic E-state index is 11.8. The summed E-state index contributed by atoms with van der Waals surface area (Å²) in [6.45, 7) is 0. The number of anilines is 1. The van der Waals surface area contributed by atoms with Crippen LogP contribution in [0.5, 0.6) is 0 Å². The zero-order valence-electron chi connectivity index (χ0n) is 8.65. The molecule has 0 aliphatic rings. The fraction of sp³-hybridized carbons (Fsp3) is 0. The molecule has 5 heteroatoms. The number of halogens is 2. The van der Waals surface area contributed by atoms with Gasteiger partial charge in [-0.3, -0.25) is 4.79 Å². The molecule has 0 radical (unpaired) electrons. The first-order valence-electron chi connectivity index (χ1n) is 4.83. The molecule has 0 spiro atoms. The van der Waals surface area contributed by atoms with Gasteiger partial charge in [0.25, 0.3) is 5.91 Å². The highest BCUT2D eigenvalue weighted by atomic mass is 79.9. The zero-order valence-corrected chi connectivity index (χ0v) is 11.0. The average molecular weight is 312 g/mol. The van der Waals surface area contributed by atoms with Gasteiger partial charge in [-0.1, -0.05) is 27.5 Å². The van der Waals surface area contributed by atoms with Crippen LogP contribution in [0.3, 0.4) is 0 Å². The second-order valence-electron chi connectivity index (χ2n) is 3.32. The van der Waals surface area contributed by atoms with Gasteiger partial charge in [-0.05, 0) is 36.4 Å². The van der Waals surface area contributed by atoms with Crippen LogP contribution in [0.15, 0.2) is 47.1 Å². The van der Waals surface area contributed by atoms with Crippen LogP contribution in [0, 0.1) is 0 Å². The lowest BCUT2D eigenvalue weighted by atomic mass is 10.3. The molecule has 1 aromatic heterocycles. The number of hydrogen-bond donors (Lipinski definition) is 1. The maximum atomic E-state index is 11.8. The van der Waals surface area contributed by atoms with Gasteiger partial charge in [-0.15, -0.1) is 0 Å². The van der Waals surface area contributed by atoms with Crippen LogP contribution in [0.25, 0.3) is 0 Å². The Morgan fingerprint density at radius 3 is 2.47 bits per heavy atom. The van der Waals surface area contributed by atoms with E-state index in [1.54, 1.807) is 24.3 Å². The molecular weight excluding hydrogens is 304 g/mol. The molecule has 3 nitrogen and oxygen atoms in total. The number of carbonyl (C=O) groups is 1. The molecule has 0 aliphatic carbocycles. The van der Waals surface area contributed by atoms with Crippen molar-refractivity contribution in [3.05, 3.63) is 57.8 Å². The second kappa shape index (κ2) is 5.29. The molecule has 86 valence electrons. The number of nitrogens with one attached hydrogen (secondary N) is 1. The third-order valence-electron chi connectivity index (χ3n) is 2.06. The molecule has 1 heterocycles. The standard InChI is InChI=1S/C12H8BrClN2O/c13-8-1-4-10(5-2-8)16-12(17)11-6-3-9(14)7-15-11/h1-7H,(H,16,17). The number of carbonyl (C=O) groups excluding carboxylic acids is 1. The molecule has 0 saturated heterocycles. The lowest BCUT2D eigenvalue weighted by Gasteiger charge is -2.04. The normalized spacial score (nSPS) is 10.0. The molecule has 2 aromatic rings. The van der Waals surface area contributed by atoms with Crippen molar-refractivity contribution >= 4 is 39.1 Å². The van der Waals surface area contributed by atoms with E-state index in [9.17, 15) is 4.79 Å². The third-order valence-corrected chi connectivity index (χ3v) is 2.81. The van der Waals surface area contributed by atoms with Gasteiger partial charge in [0.1, 0.15) is 5.69 Å². The van der Waals surface area contributed by atoms with Gasteiger partial charge in [0.2, 0.25) is 0 Å². The summed E-state index contributed by atoms with van der Waals surface area (Å²) in [4.78, 5) is 15.7. The summed E-state index contributed by atoms with van der Waals surface area (Å²) in [5.41, 5.74) is 1.05. The maximum Gasteiger partial charge on any atom is 0.274 e. The van der Waals surface area contributed by atoms with E-state index in [-0.39, 0.29) is 5.91 Å². The minimum Gasteiger partial charge on any atom is -0.321 e. The predicted molar refractivity (Wildman–Crippen MR) is 71.3 cm³/mol. The van der Waals surface area contributed by atoms with Crippen LogP contribution in [0.1, 0.15) is 10.5 Å². The Kier molecular flexibility index (Phi) is 3.76. The largest absolute Gasteiger partial charge is 0.321 e. The van der Waals surface area contributed by atoms with Crippen molar-refractivity contribution in [2.45, 2.75) is 0 Å². The molecule has 1 aromatic carbocycles. The van der Waals surface area contributed by atoms with Crippen LogP contribution in [0.2, 0.25) is 5.02 Å². The van der Waals surface area contributed by atoms with E-state index in [0.717, 1.165) is 10.2 Å². The topological polar surface area (TPSA) is 42.0 Å². The van der Waals surface area contributed by atoms with E-state index in [4.69, 9.17) is 11.6 Å². The molecule has 0 saturated carbocycles. The van der Waals surface area contributed by atoms with Crippen LogP contribution in [-0.2, 0) is 0 Å². The lowest BCUT2D eigenvalue weighted by molar-refractivity contribution is 0.102. The quantitative estimate of drug-likeness (QED) is 0.918. The molecule has 0 fully saturated rings. The second-order valence-corrected chi connectivity index (χ2v) is 4.67. The number of rotatable bonds is 2. The number of hydrogen-bond acceptors (Lipinski definition) is 2.